The lowest BCUT2D eigenvalue weighted by molar-refractivity contribution is -0.0630. The fraction of sp³-hybridized carbons (Fsp3) is 0.450. The Bertz CT molecular complexity index is 671. The molecule has 0 saturated carbocycles. The lowest BCUT2D eigenvalue weighted by atomic mass is 9.94. The van der Waals surface area contributed by atoms with Crippen LogP contribution in [0.4, 0.5) is 0 Å². The van der Waals surface area contributed by atoms with Gasteiger partial charge in [-0.2, -0.15) is 0 Å². The van der Waals surface area contributed by atoms with Gasteiger partial charge < -0.3 is 14.8 Å². The predicted octanol–water partition coefficient (Wildman–Crippen LogP) is 4.23. The first-order valence-corrected chi connectivity index (χ1v) is 8.57. The Morgan fingerprint density at radius 2 is 2.21 bits per heavy atom. The van der Waals surface area contributed by atoms with Crippen molar-refractivity contribution in [1.82, 2.24) is 10.3 Å². The second-order valence-electron chi connectivity index (χ2n) is 7.07. The maximum atomic E-state index is 5.89. The Labute approximate surface area is 144 Å². The molecule has 4 nitrogen and oxygen atoms in total. The van der Waals surface area contributed by atoms with Crippen molar-refractivity contribution in [1.29, 1.82) is 0 Å². The third kappa shape index (κ3) is 4.56. The van der Waals surface area contributed by atoms with E-state index in [0.717, 1.165) is 43.1 Å². The van der Waals surface area contributed by atoms with Crippen LogP contribution in [0.15, 0.2) is 42.7 Å². The van der Waals surface area contributed by atoms with Gasteiger partial charge in [0.15, 0.2) is 0 Å². The molecule has 1 unspecified atom stereocenters. The Morgan fingerprint density at radius 1 is 1.33 bits per heavy atom. The van der Waals surface area contributed by atoms with Crippen molar-refractivity contribution in [3.8, 4) is 11.5 Å². The van der Waals surface area contributed by atoms with Gasteiger partial charge in [-0.1, -0.05) is 12.1 Å². The van der Waals surface area contributed by atoms with Crippen LogP contribution in [0.2, 0.25) is 0 Å². The molecule has 3 rings (SSSR count). The van der Waals surface area contributed by atoms with E-state index >= 15 is 0 Å². The molecule has 4 heteroatoms. The number of rotatable bonds is 5. The standard InChI is InChI=1S/C20H26N2O2/c1-15-11-16(13-22-17-8-10-23-20(2,3)12-17)6-7-19(15)24-18-5-4-9-21-14-18/h4-7,9,11,14,17,22H,8,10,12-13H2,1-3H3. The summed E-state index contributed by atoms with van der Waals surface area (Å²) in [6, 6.07) is 10.6. The molecule has 128 valence electrons. The van der Waals surface area contributed by atoms with E-state index in [1.54, 1.807) is 12.4 Å². The van der Waals surface area contributed by atoms with E-state index in [9.17, 15) is 0 Å². The van der Waals surface area contributed by atoms with Crippen LogP contribution in [0.1, 0.15) is 37.8 Å². The number of ether oxygens (including phenoxy) is 2. The maximum Gasteiger partial charge on any atom is 0.145 e. The van der Waals surface area contributed by atoms with Gasteiger partial charge in [-0.3, -0.25) is 4.98 Å². The van der Waals surface area contributed by atoms with E-state index in [0.29, 0.717) is 6.04 Å². The van der Waals surface area contributed by atoms with Crippen LogP contribution < -0.4 is 10.1 Å². The van der Waals surface area contributed by atoms with Crippen LogP contribution >= 0.6 is 0 Å². The van der Waals surface area contributed by atoms with Crippen molar-refractivity contribution in [2.75, 3.05) is 6.61 Å². The van der Waals surface area contributed by atoms with Gasteiger partial charge in [0.2, 0.25) is 0 Å². The maximum absolute atomic E-state index is 5.89. The zero-order valence-corrected chi connectivity index (χ0v) is 14.7. The molecule has 1 fully saturated rings. The van der Waals surface area contributed by atoms with Crippen LogP contribution in [-0.4, -0.2) is 23.2 Å². The first-order chi connectivity index (χ1) is 11.5. The topological polar surface area (TPSA) is 43.4 Å². The third-order valence-corrected chi connectivity index (χ3v) is 4.39. The highest BCUT2D eigenvalue weighted by Gasteiger charge is 2.28. The highest BCUT2D eigenvalue weighted by atomic mass is 16.5. The number of pyridine rings is 1. The van der Waals surface area contributed by atoms with Crippen LogP contribution in [0.3, 0.4) is 0 Å². The van der Waals surface area contributed by atoms with E-state index < -0.39 is 0 Å². The summed E-state index contributed by atoms with van der Waals surface area (Å²) in [4.78, 5) is 4.08. The van der Waals surface area contributed by atoms with E-state index in [1.165, 1.54) is 5.56 Å². The van der Waals surface area contributed by atoms with Gasteiger partial charge in [-0.15, -0.1) is 0 Å². The van der Waals surface area contributed by atoms with Crippen molar-refractivity contribution >= 4 is 0 Å². The zero-order valence-electron chi connectivity index (χ0n) is 14.7. The number of aryl methyl sites for hydroxylation is 1. The molecular formula is C20H26N2O2. The molecule has 0 amide bonds. The third-order valence-electron chi connectivity index (χ3n) is 4.39. The summed E-state index contributed by atoms with van der Waals surface area (Å²) in [6.07, 6.45) is 5.59. The lowest BCUT2D eigenvalue weighted by Gasteiger charge is -2.36. The lowest BCUT2D eigenvalue weighted by Crippen LogP contribution is -2.43. The molecular weight excluding hydrogens is 300 g/mol. The molecule has 1 aliphatic heterocycles. The van der Waals surface area contributed by atoms with Gasteiger partial charge in [0, 0.05) is 25.4 Å². The van der Waals surface area contributed by atoms with E-state index in [4.69, 9.17) is 9.47 Å². The molecule has 0 spiro atoms. The highest BCUT2D eigenvalue weighted by molar-refractivity contribution is 5.39. The van der Waals surface area contributed by atoms with Gasteiger partial charge in [0.1, 0.15) is 11.5 Å². The second kappa shape index (κ2) is 7.32. The first kappa shape index (κ1) is 16.9. The molecule has 24 heavy (non-hydrogen) atoms. The molecule has 0 aliphatic carbocycles. The Balaban J connectivity index is 1.58. The molecule has 1 aromatic carbocycles. The summed E-state index contributed by atoms with van der Waals surface area (Å²) in [5, 5.41) is 3.66. The van der Waals surface area contributed by atoms with E-state index in [-0.39, 0.29) is 5.60 Å². The first-order valence-electron chi connectivity index (χ1n) is 8.57. The number of hydrogen-bond acceptors (Lipinski definition) is 4. The van der Waals surface area contributed by atoms with Crippen molar-refractivity contribution in [2.24, 2.45) is 0 Å². The smallest absolute Gasteiger partial charge is 0.145 e. The second-order valence-corrected chi connectivity index (χ2v) is 7.07. The molecule has 2 aromatic rings. The van der Waals surface area contributed by atoms with Crippen molar-refractivity contribution in [3.63, 3.8) is 0 Å². The average Bonchev–Trinajstić information content (AvgIpc) is 2.55. The minimum absolute atomic E-state index is 0.0206. The number of benzene rings is 1. The van der Waals surface area contributed by atoms with Gasteiger partial charge in [0.25, 0.3) is 0 Å². The highest BCUT2D eigenvalue weighted by Crippen LogP contribution is 2.26. The molecule has 1 N–H and O–H groups in total. The normalized spacial score (nSPS) is 19.9. The minimum atomic E-state index is -0.0206. The number of nitrogens with zero attached hydrogens (tertiary/aromatic N) is 1. The molecule has 0 bridgehead atoms. The van der Waals surface area contributed by atoms with E-state index in [2.05, 4.69) is 43.2 Å². The van der Waals surface area contributed by atoms with Gasteiger partial charge in [-0.25, -0.2) is 0 Å². The largest absolute Gasteiger partial charge is 0.455 e. The summed E-state index contributed by atoms with van der Waals surface area (Å²) >= 11 is 0. The molecule has 1 aliphatic rings. The van der Waals surface area contributed by atoms with E-state index in [1.807, 2.05) is 18.2 Å². The monoisotopic (exact) mass is 326 g/mol. The summed E-state index contributed by atoms with van der Waals surface area (Å²) in [5.41, 5.74) is 2.38. The average molecular weight is 326 g/mol. The van der Waals surface area contributed by atoms with Crippen molar-refractivity contribution in [3.05, 3.63) is 53.9 Å². The summed E-state index contributed by atoms with van der Waals surface area (Å²) in [7, 11) is 0. The van der Waals surface area contributed by atoms with Crippen molar-refractivity contribution in [2.45, 2.75) is 51.8 Å². The van der Waals surface area contributed by atoms with Crippen LogP contribution in [-0.2, 0) is 11.3 Å². The Kier molecular flexibility index (Phi) is 5.17. The quantitative estimate of drug-likeness (QED) is 0.893. The summed E-state index contributed by atoms with van der Waals surface area (Å²) in [6.45, 7) is 8.11. The zero-order chi connectivity index (χ0) is 17.0. The summed E-state index contributed by atoms with van der Waals surface area (Å²) in [5.74, 6) is 1.63. The summed E-state index contributed by atoms with van der Waals surface area (Å²) < 4.78 is 11.7. The molecule has 1 atom stereocenters. The molecule has 1 aromatic heterocycles. The van der Waals surface area contributed by atoms with Crippen LogP contribution in [0.5, 0.6) is 11.5 Å². The number of nitrogens with one attached hydrogen (secondary N) is 1. The number of hydrogen-bond donors (Lipinski definition) is 1. The van der Waals surface area contributed by atoms with Crippen molar-refractivity contribution < 1.29 is 9.47 Å². The molecule has 1 saturated heterocycles. The van der Waals surface area contributed by atoms with Crippen LogP contribution in [0.25, 0.3) is 0 Å². The SMILES string of the molecule is Cc1cc(CNC2CCOC(C)(C)C2)ccc1Oc1cccnc1. The van der Waals surface area contributed by atoms with Gasteiger partial charge in [-0.05, 0) is 62.9 Å². The molecule has 0 radical (unpaired) electrons. The van der Waals surface area contributed by atoms with Gasteiger partial charge in [0.05, 0.1) is 11.8 Å². The Hall–Kier alpha value is -1.91. The van der Waals surface area contributed by atoms with Gasteiger partial charge >= 0.3 is 0 Å². The molecule has 2 heterocycles. The number of aromatic nitrogens is 1. The fourth-order valence-electron chi connectivity index (χ4n) is 3.14. The Morgan fingerprint density at radius 3 is 2.92 bits per heavy atom. The fourth-order valence-corrected chi connectivity index (χ4v) is 3.14. The minimum Gasteiger partial charge on any atom is -0.455 e. The van der Waals surface area contributed by atoms with Crippen LogP contribution in [0, 0.1) is 6.92 Å². The predicted molar refractivity (Wildman–Crippen MR) is 95.4 cm³/mol.